The molecule has 0 aromatic heterocycles. The van der Waals surface area contributed by atoms with Crippen molar-refractivity contribution >= 4 is 23.0 Å². The lowest BCUT2D eigenvalue weighted by molar-refractivity contribution is 0.0977. The summed E-state index contributed by atoms with van der Waals surface area (Å²) in [6, 6.07) is 32.9. The lowest BCUT2D eigenvalue weighted by Gasteiger charge is -2.32. The van der Waals surface area contributed by atoms with Crippen molar-refractivity contribution in [3.8, 4) is 11.5 Å². The van der Waals surface area contributed by atoms with Gasteiger partial charge in [-0.1, -0.05) is 42.5 Å². The second kappa shape index (κ2) is 9.85. The van der Waals surface area contributed by atoms with Gasteiger partial charge in [0, 0.05) is 12.0 Å². The molecule has 1 atom stereocenters. The topological polar surface area (TPSA) is 51.1 Å². The molecule has 5 nitrogen and oxygen atoms in total. The van der Waals surface area contributed by atoms with Crippen molar-refractivity contribution in [1.29, 1.82) is 0 Å². The Morgan fingerprint density at radius 2 is 1.37 bits per heavy atom. The van der Waals surface area contributed by atoms with Gasteiger partial charge in [-0.2, -0.15) is 0 Å². The maximum Gasteiger partial charge on any atom is 0.258 e. The van der Waals surface area contributed by atoms with Gasteiger partial charge in [0.25, 0.3) is 5.91 Å². The van der Waals surface area contributed by atoms with Crippen molar-refractivity contribution in [2.45, 2.75) is 12.5 Å². The Labute approximate surface area is 205 Å². The number of benzene rings is 4. The first-order valence-electron chi connectivity index (χ1n) is 11.5. The normalized spacial score (nSPS) is 15.0. The van der Waals surface area contributed by atoms with Gasteiger partial charge in [-0.3, -0.25) is 14.7 Å². The van der Waals surface area contributed by atoms with Crippen molar-refractivity contribution in [3.05, 3.63) is 120 Å². The van der Waals surface area contributed by atoms with E-state index in [4.69, 9.17) is 14.5 Å². The van der Waals surface area contributed by atoms with Crippen LogP contribution in [0.2, 0.25) is 0 Å². The molecule has 0 N–H and O–H groups in total. The van der Waals surface area contributed by atoms with Crippen molar-refractivity contribution in [3.63, 3.8) is 0 Å². The zero-order valence-corrected chi connectivity index (χ0v) is 19.7. The SMILES string of the molecule is COc1ccc(C(=O)N2c3ccccc3N=C(c3ccc(OC)cc3)CC2c2ccccc2)cc1. The van der Waals surface area contributed by atoms with Crippen LogP contribution in [0.3, 0.4) is 0 Å². The number of para-hydroxylation sites is 2. The van der Waals surface area contributed by atoms with Crippen LogP contribution in [0.15, 0.2) is 108 Å². The summed E-state index contributed by atoms with van der Waals surface area (Å²) in [6.07, 6.45) is 0.562. The first-order valence-corrected chi connectivity index (χ1v) is 11.5. The van der Waals surface area contributed by atoms with Crippen LogP contribution in [-0.4, -0.2) is 25.8 Å². The Bertz CT molecular complexity index is 1350. The Balaban J connectivity index is 1.65. The highest BCUT2D eigenvalue weighted by Gasteiger charge is 2.33. The summed E-state index contributed by atoms with van der Waals surface area (Å²) in [6.45, 7) is 0. The average molecular weight is 463 g/mol. The average Bonchev–Trinajstić information content (AvgIpc) is 3.10. The summed E-state index contributed by atoms with van der Waals surface area (Å²) >= 11 is 0. The van der Waals surface area contributed by atoms with Crippen LogP contribution in [0.4, 0.5) is 11.4 Å². The van der Waals surface area contributed by atoms with Gasteiger partial charge in [-0.05, 0) is 71.8 Å². The van der Waals surface area contributed by atoms with Crippen LogP contribution >= 0.6 is 0 Å². The van der Waals surface area contributed by atoms with Gasteiger partial charge in [0.1, 0.15) is 11.5 Å². The fraction of sp³-hybridized carbons (Fsp3) is 0.133. The number of nitrogens with zero attached hydrogens (tertiary/aromatic N) is 2. The predicted octanol–water partition coefficient (Wildman–Crippen LogP) is 6.62. The minimum atomic E-state index is -0.240. The molecule has 0 saturated heterocycles. The predicted molar refractivity (Wildman–Crippen MR) is 139 cm³/mol. The zero-order valence-electron chi connectivity index (χ0n) is 19.7. The Hall–Kier alpha value is -4.38. The first-order chi connectivity index (χ1) is 17.2. The lowest BCUT2D eigenvalue weighted by atomic mass is 9.95. The van der Waals surface area contributed by atoms with Gasteiger partial charge in [0.15, 0.2) is 0 Å². The van der Waals surface area contributed by atoms with Gasteiger partial charge in [0.05, 0.1) is 37.3 Å². The van der Waals surface area contributed by atoms with Crippen LogP contribution in [0.25, 0.3) is 0 Å². The van der Waals surface area contributed by atoms with Gasteiger partial charge < -0.3 is 9.47 Å². The molecule has 0 saturated carbocycles. The minimum Gasteiger partial charge on any atom is -0.497 e. The number of rotatable bonds is 5. The van der Waals surface area contributed by atoms with E-state index in [1.807, 2.05) is 95.9 Å². The molecular formula is C30H26N2O3. The molecule has 0 spiro atoms. The number of carbonyl (C=O) groups excluding carboxylic acids is 1. The Morgan fingerprint density at radius 1 is 0.771 bits per heavy atom. The van der Waals surface area contributed by atoms with Crippen molar-refractivity contribution in [2.24, 2.45) is 4.99 Å². The second-order valence-electron chi connectivity index (χ2n) is 8.31. The van der Waals surface area contributed by atoms with E-state index in [2.05, 4.69) is 12.1 Å². The van der Waals surface area contributed by atoms with Gasteiger partial charge in [-0.25, -0.2) is 0 Å². The molecule has 35 heavy (non-hydrogen) atoms. The summed E-state index contributed by atoms with van der Waals surface area (Å²) in [5.74, 6) is 1.42. The second-order valence-corrected chi connectivity index (χ2v) is 8.31. The zero-order chi connectivity index (χ0) is 24.2. The third-order valence-corrected chi connectivity index (χ3v) is 6.26. The third kappa shape index (κ3) is 4.53. The molecule has 174 valence electrons. The molecule has 0 radical (unpaired) electrons. The molecule has 0 aliphatic carbocycles. The van der Waals surface area contributed by atoms with E-state index in [1.54, 1.807) is 14.2 Å². The molecule has 1 unspecified atom stereocenters. The number of methoxy groups -OCH3 is 2. The first kappa shape index (κ1) is 22.4. The minimum absolute atomic E-state index is 0.0832. The van der Waals surface area contributed by atoms with E-state index in [0.717, 1.165) is 34.0 Å². The van der Waals surface area contributed by atoms with E-state index in [1.165, 1.54) is 0 Å². The van der Waals surface area contributed by atoms with Crippen LogP contribution in [-0.2, 0) is 0 Å². The van der Waals surface area contributed by atoms with E-state index in [-0.39, 0.29) is 11.9 Å². The maximum atomic E-state index is 14.0. The highest BCUT2D eigenvalue weighted by atomic mass is 16.5. The monoisotopic (exact) mass is 462 g/mol. The van der Waals surface area contributed by atoms with E-state index in [0.29, 0.717) is 17.7 Å². The summed E-state index contributed by atoms with van der Waals surface area (Å²) in [4.78, 5) is 21.0. The van der Waals surface area contributed by atoms with Crippen LogP contribution in [0.1, 0.15) is 33.9 Å². The number of aliphatic imine (C=N–C) groups is 1. The number of ether oxygens (including phenoxy) is 2. The van der Waals surface area contributed by atoms with E-state index < -0.39 is 0 Å². The van der Waals surface area contributed by atoms with E-state index in [9.17, 15) is 4.79 Å². The molecule has 5 rings (SSSR count). The molecule has 1 aliphatic heterocycles. The molecule has 4 aromatic carbocycles. The molecule has 1 amide bonds. The Morgan fingerprint density at radius 3 is 2.03 bits per heavy atom. The van der Waals surface area contributed by atoms with Gasteiger partial charge >= 0.3 is 0 Å². The number of fused-ring (bicyclic) bond motifs is 1. The standard InChI is InChI=1S/C30H26N2O3/c1-34-24-16-12-21(13-17-24)27-20-29(22-8-4-3-5-9-22)32(28-11-7-6-10-26(28)31-27)30(33)23-14-18-25(35-2)19-15-23/h3-19,29H,20H2,1-2H3. The molecular weight excluding hydrogens is 436 g/mol. The molecule has 0 bridgehead atoms. The summed E-state index contributed by atoms with van der Waals surface area (Å²) < 4.78 is 10.6. The quantitative estimate of drug-likeness (QED) is 0.335. The van der Waals surface area contributed by atoms with E-state index >= 15 is 0 Å². The number of hydrogen-bond donors (Lipinski definition) is 0. The molecule has 0 fully saturated rings. The number of carbonyl (C=O) groups is 1. The van der Waals surface area contributed by atoms with Gasteiger partial charge in [0.2, 0.25) is 0 Å². The number of amides is 1. The van der Waals surface area contributed by atoms with Gasteiger partial charge in [-0.15, -0.1) is 0 Å². The highest BCUT2D eigenvalue weighted by molar-refractivity contribution is 6.11. The molecule has 1 heterocycles. The van der Waals surface area contributed by atoms with Crippen molar-refractivity contribution in [1.82, 2.24) is 0 Å². The van der Waals surface area contributed by atoms with Crippen molar-refractivity contribution in [2.75, 3.05) is 19.1 Å². The largest absolute Gasteiger partial charge is 0.497 e. The van der Waals surface area contributed by atoms with Crippen LogP contribution in [0.5, 0.6) is 11.5 Å². The highest BCUT2D eigenvalue weighted by Crippen LogP contribution is 2.41. The molecule has 4 aromatic rings. The maximum absolute atomic E-state index is 14.0. The summed E-state index contributed by atoms with van der Waals surface area (Å²) in [5, 5.41) is 0. The smallest absolute Gasteiger partial charge is 0.258 e. The fourth-order valence-electron chi connectivity index (χ4n) is 4.43. The summed E-state index contributed by atoms with van der Waals surface area (Å²) in [5.41, 5.74) is 5.10. The molecule has 5 heteroatoms. The number of hydrogen-bond acceptors (Lipinski definition) is 4. The number of anilines is 1. The molecule has 1 aliphatic rings. The van der Waals surface area contributed by atoms with Crippen LogP contribution in [0, 0.1) is 0 Å². The summed E-state index contributed by atoms with van der Waals surface area (Å²) in [7, 11) is 3.27. The van der Waals surface area contributed by atoms with Crippen LogP contribution < -0.4 is 14.4 Å². The third-order valence-electron chi connectivity index (χ3n) is 6.26. The van der Waals surface area contributed by atoms with Crippen molar-refractivity contribution < 1.29 is 14.3 Å². The Kier molecular flexibility index (Phi) is 6.31. The lowest BCUT2D eigenvalue weighted by Crippen LogP contribution is -2.35. The fourth-order valence-corrected chi connectivity index (χ4v) is 4.43.